The fourth-order valence-electron chi connectivity index (χ4n) is 5.19. The SMILES string of the molecule is COc1ccccc1N1CCN(c2ccc(NC(=O)Nc3ccc(C)c(Cl)c3)cc2C(=O)N2CCCC2)CC1. The number of ether oxygens (including phenoxy) is 1. The average molecular weight is 548 g/mol. The molecular weight excluding hydrogens is 514 g/mol. The van der Waals surface area contributed by atoms with Gasteiger partial charge in [-0.25, -0.2) is 4.79 Å². The van der Waals surface area contributed by atoms with Crippen LogP contribution in [0.25, 0.3) is 0 Å². The van der Waals surface area contributed by atoms with Crippen molar-refractivity contribution in [3.8, 4) is 5.75 Å². The lowest BCUT2D eigenvalue weighted by Crippen LogP contribution is -2.47. The predicted octanol–water partition coefficient (Wildman–Crippen LogP) is 5.86. The average Bonchev–Trinajstić information content (AvgIpc) is 3.50. The second kappa shape index (κ2) is 11.9. The fraction of sp³-hybridized carbons (Fsp3) is 0.333. The number of methoxy groups -OCH3 is 1. The Labute approximate surface area is 234 Å². The summed E-state index contributed by atoms with van der Waals surface area (Å²) < 4.78 is 5.56. The number of rotatable bonds is 6. The lowest BCUT2D eigenvalue weighted by Gasteiger charge is -2.38. The number of hydrogen-bond donors (Lipinski definition) is 2. The molecule has 0 bridgehead atoms. The molecule has 2 N–H and O–H groups in total. The molecule has 2 aliphatic rings. The van der Waals surface area contributed by atoms with Crippen molar-refractivity contribution in [2.24, 2.45) is 0 Å². The first-order valence-corrected chi connectivity index (χ1v) is 13.7. The summed E-state index contributed by atoms with van der Waals surface area (Å²) in [7, 11) is 1.69. The summed E-state index contributed by atoms with van der Waals surface area (Å²) >= 11 is 6.20. The van der Waals surface area contributed by atoms with Gasteiger partial charge in [-0.15, -0.1) is 0 Å². The normalized spacial score (nSPS) is 15.3. The van der Waals surface area contributed by atoms with Crippen LogP contribution in [0.3, 0.4) is 0 Å². The van der Waals surface area contributed by atoms with Gasteiger partial charge in [0.1, 0.15) is 5.75 Å². The third kappa shape index (κ3) is 6.06. The Hall–Kier alpha value is -3.91. The second-order valence-corrected chi connectivity index (χ2v) is 10.3. The first-order valence-electron chi connectivity index (χ1n) is 13.3. The molecule has 0 saturated carbocycles. The van der Waals surface area contributed by atoms with Gasteiger partial charge >= 0.3 is 6.03 Å². The molecular formula is C30H34ClN5O3. The van der Waals surface area contributed by atoms with Gasteiger partial charge < -0.3 is 30.1 Å². The van der Waals surface area contributed by atoms with E-state index in [0.717, 1.165) is 74.8 Å². The van der Waals surface area contributed by atoms with Crippen LogP contribution in [0.15, 0.2) is 60.7 Å². The number of likely N-dealkylation sites (tertiary alicyclic amines) is 1. The highest BCUT2D eigenvalue weighted by Crippen LogP contribution is 2.32. The van der Waals surface area contributed by atoms with E-state index in [-0.39, 0.29) is 5.91 Å². The maximum atomic E-state index is 13.6. The topological polar surface area (TPSA) is 77.1 Å². The number of hydrogen-bond acceptors (Lipinski definition) is 5. The summed E-state index contributed by atoms with van der Waals surface area (Å²) in [6.45, 7) is 6.56. The van der Waals surface area contributed by atoms with Gasteiger partial charge in [0.2, 0.25) is 0 Å². The van der Waals surface area contributed by atoms with Crippen molar-refractivity contribution in [1.82, 2.24) is 4.90 Å². The molecule has 0 aliphatic carbocycles. The van der Waals surface area contributed by atoms with Crippen molar-refractivity contribution >= 4 is 46.3 Å². The lowest BCUT2D eigenvalue weighted by molar-refractivity contribution is 0.0793. The van der Waals surface area contributed by atoms with E-state index in [4.69, 9.17) is 16.3 Å². The van der Waals surface area contributed by atoms with Crippen LogP contribution in [0.5, 0.6) is 5.75 Å². The first kappa shape index (κ1) is 26.7. The van der Waals surface area contributed by atoms with Gasteiger partial charge in [-0.05, 0) is 67.8 Å². The quantitative estimate of drug-likeness (QED) is 0.404. The van der Waals surface area contributed by atoms with Gasteiger partial charge in [0.05, 0.1) is 18.4 Å². The largest absolute Gasteiger partial charge is 0.495 e. The number of urea groups is 1. The van der Waals surface area contributed by atoms with Crippen LogP contribution in [0, 0.1) is 6.92 Å². The number of carbonyl (C=O) groups excluding carboxylic acids is 2. The molecule has 5 rings (SSSR count). The summed E-state index contributed by atoms with van der Waals surface area (Å²) in [4.78, 5) is 32.8. The zero-order valence-corrected chi connectivity index (χ0v) is 23.1. The number of carbonyl (C=O) groups is 2. The molecule has 0 spiro atoms. The highest BCUT2D eigenvalue weighted by molar-refractivity contribution is 6.31. The minimum Gasteiger partial charge on any atom is -0.495 e. The van der Waals surface area contributed by atoms with E-state index < -0.39 is 6.03 Å². The Bertz CT molecular complexity index is 1350. The summed E-state index contributed by atoms with van der Waals surface area (Å²) in [5.74, 6) is 0.862. The Morgan fingerprint density at radius 1 is 0.795 bits per heavy atom. The van der Waals surface area contributed by atoms with E-state index in [1.165, 1.54) is 0 Å². The van der Waals surface area contributed by atoms with Crippen LogP contribution in [-0.4, -0.2) is 63.2 Å². The summed E-state index contributed by atoms with van der Waals surface area (Å²) in [5, 5.41) is 6.28. The smallest absolute Gasteiger partial charge is 0.323 e. The van der Waals surface area contributed by atoms with Crippen molar-refractivity contribution < 1.29 is 14.3 Å². The fourth-order valence-corrected chi connectivity index (χ4v) is 5.38. The molecule has 204 valence electrons. The van der Waals surface area contributed by atoms with Gasteiger partial charge in [-0.2, -0.15) is 0 Å². The zero-order chi connectivity index (χ0) is 27.4. The van der Waals surface area contributed by atoms with Gasteiger partial charge in [0, 0.05) is 61.4 Å². The molecule has 39 heavy (non-hydrogen) atoms. The van der Waals surface area contributed by atoms with E-state index in [1.54, 1.807) is 25.3 Å². The number of nitrogens with one attached hydrogen (secondary N) is 2. The van der Waals surface area contributed by atoms with E-state index in [2.05, 4.69) is 26.5 Å². The lowest BCUT2D eigenvalue weighted by atomic mass is 10.1. The second-order valence-electron chi connectivity index (χ2n) is 9.92. The van der Waals surface area contributed by atoms with Crippen molar-refractivity contribution in [3.05, 3.63) is 76.8 Å². The van der Waals surface area contributed by atoms with Gasteiger partial charge in [0.25, 0.3) is 5.91 Å². The van der Waals surface area contributed by atoms with E-state index in [1.807, 2.05) is 48.2 Å². The van der Waals surface area contributed by atoms with Crippen LogP contribution in [0.1, 0.15) is 28.8 Å². The Balaban J connectivity index is 1.34. The molecule has 3 amide bonds. The molecule has 2 heterocycles. The molecule has 3 aromatic carbocycles. The number of aryl methyl sites for hydroxylation is 1. The van der Waals surface area contributed by atoms with E-state index in [9.17, 15) is 9.59 Å². The molecule has 0 unspecified atom stereocenters. The van der Waals surface area contributed by atoms with E-state index in [0.29, 0.717) is 22.0 Å². The molecule has 2 fully saturated rings. The monoisotopic (exact) mass is 547 g/mol. The van der Waals surface area contributed by atoms with Crippen LogP contribution >= 0.6 is 11.6 Å². The van der Waals surface area contributed by atoms with Crippen LogP contribution in [0.2, 0.25) is 5.02 Å². The Kier molecular flexibility index (Phi) is 8.12. The van der Waals surface area contributed by atoms with Gasteiger partial charge in [-0.3, -0.25) is 4.79 Å². The number of piperazine rings is 1. The van der Waals surface area contributed by atoms with E-state index >= 15 is 0 Å². The molecule has 2 saturated heterocycles. The van der Waals surface area contributed by atoms with Crippen LogP contribution in [0.4, 0.5) is 27.5 Å². The van der Waals surface area contributed by atoms with Gasteiger partial charge in [-0.1, -0.05) is 29.8 Å². The standard InChI is InChI=1S/C30H34ClN5O3/c1-21-9-10-23(20-25(21)31)33-30(38)32-22-11-12-26(24(19-22)29(37)36-13-5-6-14-36)34-15-17-35(18-16-34)27-7-3-4-8-28(27)39-2/h3-4,7-12,19-20H,5-6,13-18H2,1-2H3,(H2,32,33,38). The third-order valence-corrected chi connectivity index (χ3v) is 7.76. The molecule has 2 aliphatic heterocycles. The first-order chi connectivity index (χ1) is 18.9. The highest BCUT2D eigenvalue weighted by atomic mass is 35.5. The maximum absolute atomic E-state index is 13.6. The van der Waals surface area contributed by atoms with Crippen LogP contribution in [-0.2, 0) is 0 Å². The number of benzene rings is 3. The van der Waals surface area contributed by atoms with Crippen LogP contribution < -0.4 is 25.2 Å². The molecule has 3 aromatic rings. The molecule has 9 heteroatoms. The number of nitrogens with zero attached hydrogens (tertiary/aromatic N) is 3. The summed E-state index contributed by atoms with van der Waals surface area (Å²) in [5.41, 5.74) is 4.67. The van der Waals surface area contributed by atoms with Crippen molar-refractivity contribution in [1.29, 1.82) is 0 Å². The van der Waals surface area contributed by atoms with Crippen molar-refractivity contribution in [2.45, 2.75) is 19.8 Å². The summed E-state index contributed by atoms with van der Waals surface area (Å²) in [6, 6.07) is 18.6. The number of amides is 3. The minimum atomic E-state index is -0.396. The minimum absolute atomic E-state index is 0.00373. The highest BCUT2D eigenvalue weighted by Gasteiger charge is 2.27. The van der Waals surface area contributed by atoms with Crippen molar-refractivity contribution in [2.75, 3.05) is 66.8 Å². The maximum Gasteiger partial charge on any atom is 0.323 e. The number of halogens is 1. The molecule has 0 aromatic heterocycles. The summed E-state index contributed by atoms with van der Waals surface area (Å²) in [6.07, 6.45) is 2.02. The number of para-hydroxylation sites is 2. The molecule has 0 radical (unpaired) electrons. The molecule has 0 atom stereocenters. The Morgan fingerprint density at radius 3 is 2.08 bits per heavy atom. The third-order valence-electron chi connectivity index (χ3n) is 7.35. The number of anilines is 4. The van der Waals surface area contributed by atoms with Gasteiger partial charge in [0.15, 0.2) is 0 Å². The van der Waals surface area contributed by atoms with Crippen molar-refractivity contribution in [3.63, 3.8) is 0 Å². The predicted molar refractivity (Wildman–Crippen MR) is 158 cm³/mol. The zero-order valence-electron chi connectivity index (χ0n) is 22.4. The Morgan fingerprint density at radius 2 is 1.41 bits per heavy atom. The molecule has 8 nitrogen and oxygen atoms in total.